The first-order valence-corrected chi connectivity index (χ1v) is 7.71. The van der Waals surface area contributed by atoms with E-state index in [-0.39, 0.29) is 5.91 Å². The Kier molecular flexibility index (Phi) is 5.20. The number of nitrogens with zero attached hydrogens (tertiary/aromatic N) is 1. The normalized spacial score (nSPS) is 16.1. The van der Waals surface area contributed by atoms with Crippen LogP contribution in [-0.2, 0) is 11.3 Å². The summed E-state index contributed by atoms with van der Waals surface area (Å²) in [5.41, 5.74) is 0. The second kappa shape index (κ2) is 6.90. The van der Waals surface area contributed by atoms with Crippen molar-refractivity contribution in [2.24, 2.45) is 0 Å². The maximum absolute atomic E-state index is 12.1. The van der Waals surface area contributed by atoms with Crippen LogP contribution in [0.25, 0.3) is 0 Å². The molecular weight excluding hydrogens is 244 g/mol. The van der Waals surface area contributed by atoms with Gasteiger partial charge in [-0.2, -0.15) is 0 Å². The van der Waals surface area contributed by atoms with Gasteiger partial charge in [0.1, 0.15) is 0 Å². The maximum Gasteiger partial charge on any atom is 0.236 e. The molecule has 1 N–H and O–H groups in total. The monoisotopic (exact) mass is 266 g/mol. The van der Waals surface area contributed by atoms with E-state index >= 15 is 0 Å². The lowest BCUT2D eigenvalue weighted by atomic mass is 10.2. The fourth-order valence-electron chi connectivity index (χ4n) is 2.44. The minimum Gasteiger partial charge on any atom is -0.337 e. The molecule has 0 spiro atoms. The highest BCUT2D eigenvalue weighted by Gasteiger charge is 2.17. The Balaban J connectivity index is 1.77. The van der Waals surface area contributed by atoms with E-state index in [9.17, 15) is 4.79 Å². The Labute approximate surface area is 113 Å². The van der Waals surface area contributed by atoms with E-state index in [1.54, 1.807) is 11.3 Å². The van der Waals surface area contributed by atoms with E-state index < -0.39 is 0 Å². The third kappa shape index (κ3) is 3.82. The molecule has 2 rings (SSSR count). The van der Waals surface area contributed by atoms with Gasteiger partial charge >= 0.3 is 0 Å². The molecule has 1 fully saturated rings. The molecule has 3 nitrogen and oxygen atoms in total. The third-order valence-electron chi connectivity index (χ3n) is 3.56. The lowest BCUT2D eigenvalue weighted by Gasteiger charge is -2.21. The summed E-state index contributed by atoms with van der Waals surface area (Å²) in [6, 6.07) is 4.69. The minimum absolute atomic E-state index is 0.220. The molecule has 4 heteroatoms. The largest absolute Gasteiger partial charge is 0.337 e. The number of thiophene rings is 1. The number of amides is 1. The number of likely N-dealkylation sites (N-methyl/N-ethyl adjacent to an activating group) is 1. The molecule has 1 aromatic heterocycles. The van der Waals surface area contributed by atoms with E-state index in [2.05, 4.69) is 16.8 Å². The lowest BCUT2D eigenvalue weighted by molar-refractivity contribution is -0.130. The molecule has 0 atom stereocenters. The van der Waals surface area contributed by atoms with Gasteiger partial charge in [0, 0.05) is 17.5 Å². The molecule has 1 aliphatic carbocycles. The van der Waals surface area contributed by atoms with Crippen LogP contribution in [-0.4, -0.2) is 29.9 Å². The summed E-state index contributed by atoms with van der Waals surface area (Å²) in [6.07, 6.45) is 5.06. The van der Waals surface area contributed by atoms with Crippen molar-refractivity contribution in [1.29, 1.82) is 0 Å². The first-order valence-electron chi connectivity index (χ1n) is 6.83. The van der Waals surface area contributed by atoms with E-state index in [0.29, 0.717) is 12.6 Å². The number of nitrogens with one attached hydrogen (secondary N) is 1. The summed E-state index contributed by atoms with van der Waals surface area (Å²) in [5.74, 6) is 0.220. The van der Waals surface area contributed by atoms with Gasteiger partial charge in [-0.1, -0.05) is 18.9 Å². The maximum atomic E-state index is 12.1. The quantitative estimate of drug-likeness (QED) is 0.858. The van der Waals surface area contributed by atoms with E-state index in [1.165, 1.54) is 30.6 Å². The fourth-order valence-corrected chi connectivity index (χ4v) is 3.16. The zero-order chi connectivity index (χ0) is 12.8. The standard InChI is InChI=1S/C14H22N2OS/c1-2-16(11-13-8-5-9-18-13)14(17)10-15-12-6-3-4-7-12/h5,8-9,12,15H,2-4,6-7,10-11H2,1H3. The van der Waals surface area contributed by atoms with Gasteiger partial charge < -0.3 is 10.2 Å². The zero-order valence-electron chi connectivity index (χ0n) is 11.0. The van der Waals surface area contributed by atoms with Crippen LogP contribution in [0.3, 0.4) is 0 Å². The Hall–Kier alpha value is -0.870. The van der Waals surface area contributed by atoms with Crippen molar-refractivity contribution in [3.63, 3.8) is 0 Å². The summed E-state index contributed by atoms with van der Waals surface area (Å²) < 4.78 is 0. The van der Waals surface area contributed by atoms with Gasteiger partial charge in [-0.15, -0.1) is 11.3 Å². The molecule has 1 saturated carbocycles. The van der Waals surface area contributed by atoms with Crippen LogP contribution < -0.4 is 5.32 Å². The molecule has 0 aromatic carbocycles. The molecule has 0 bridgehead atoms. The van der Waals surface area contributed by atoms with Gasteiger partial charge in [-0.05, 0) is 31.2 Å². The molecule has 1 amide bonds. The number of hydrogen-bond donors (Lipinski definition) is 1. The van der Waals surface area contributed by atoms with Crippen LogP contribution in [0.1, 0.15) is 37.5 Å². The predicted molar refractivity (Wildman–Crippen MR) is 75.7 cm³/mol. The summed E-state index contributed by atoms with van der Waals surface area (Å²) in [6.45, 7) is 4.06. The predicted octanol–water partition coefficient (Wildman–Crippen LogP) is 2.63. The molecule has 1 aliphatic rings. The van der Waals surface area contributed by atoms with E-state index in [1.807, 2.05) is 17.9 Å². The van der Waals surface area contributed by atoms with Crippen molar-refractivity contribution < 1.29 is 4.79 Å². The molecule has 1 heterocycles. The van der Waals surface area contributed by atoms with Crippen LogP contribution in [0.4, 0.5) is 0 Å². The first kappa shape index (κ1) is 13.6. The highest BCUT2D eigenvalue weighted by Crippen LogP contribution is 2.17. The van der Waals surface area contributed by atoms with Gasteiger partial charge in [-0.25, -0.2) is 0 Å². The van der Waals surface area contributed by atoms with Crippen LogP contribution in [0.2, 0.25) is 0 Å². The molecule has 1 aromatic rings. The third-order valence-corrected chi connectivity index (χ3v) is 4.42. The van der Waals surface area contributed by atoms with Crippen LogP contribution in [0.15, 0.2) is 17.5 Å². The Morgan fingerprint density at radius 2 is 2.28 bits per heavy atom. The average Bonchev–Trinajstić information content (AvgIpc) is 3.06. The molecule has 100 valence electrons. The molecular formula is C14H22N2OS. The second-order valence-corrected chi connectivity index (χ2v) is 5.88. The first-order chi connectivity index (χ1) is 8.79. The van der Waals surface area contributed by atoms with E-state index in [0.717, 1.165) is 13.1 Å². The Morgan fingerprint density at radius 1 is 1.50 bits per heavy atom. The smallest absolute Gasteiger partial charge is 0.236 e. The Morgan fingerprint density at radius 3 is 2.89 bits per heavy atom. The van der Waals surface area contributed by atoms with Crippen molar-refractivity contribution >= 4 is 17.2 Å². The minimum atomic E-state index is 0.220. The van der Waals surface area contributed by atoms with Gasteiger partial charge in [0.2, 0.25) is 5.91 Å². The van der Waals surface area contributed by atoms with Crippen LogP contribution in [0.5, 0.6) is 0 Å². The van der Waals surface area contributed by atoms with Gasteiger partial charge in [-0.3, -0.25) is 4.79 Å². The molecule has 0 radical (unpaired) electrons. The summed E-state index contributed by atoms with van der Waals surface area (Å²) in [7, 11) is 0. The highest BCUT2D eigenvalue weighted by atomic mass is 32.1. The van der Waals surface area contributed by atoms with Crippen molar-refractivity contribution in [3.8, 4) is 0 Å². The van der Waals surface area contributed by atoms with Crippen molar-refractivity contribution in [3.05, 3.63) is 22.4 Å². The summed E-state index contributed by atoms with van der Waals surface area (Å²) in [5, 5.41) is 5.45. The lowest BCUT2D eigenvalue weighted by Crippen LogP contribution is -2.40. The highest BCUT2D eigenvalue weighted by molar-refractivity contribution is 7.09. The molecule has 0 aliphatic heterocycles. The van der Waals surface area contributed by atoms with Gasteiger partial charge in [0.15, 0.2) is 0 Å². The second-order valence-electron chi connectivity index (χ2n) is 4.85. The van der Waals surface area contributed by atoms with Gasteiger partial charge in [0.25, 0.3) is 0 Å². The molecule has 0 saturated heterocycles. The topological polar surface area (TPSA) is 32.3 Å². The fraction of sp³-hybridized carbons (Fsp3) is 0.643. The molecule has 18 heavy (non-hydrogen) atoms. The zero-order valence-corrected chi connectivity index (χ0v) is 11.8. The SMILES string of the molecule is CCN(Cc1cccs1)C(=O)CNC1CCCC1. The van der Waals surface area contributed by atoms with Gasteiger partial charge in [0.05, 0.1) is 13.1 Å². The number of carbonyl (C=O) groups excluding carboxylic acids is 1. The Bertz CT molecular complexity index is 358. The summed E-state index contributed by atoms with van der Waals surface area (Å²) in [4.78, 5) is 15.3. The van der Waals surface area contributed by atoms with Crippen molar-refractivity contribution in [1.82, 2.24) is 10.2 Å². The van der Waals surface area contributed by atoms with Crippen LogP contribution in [0, 0.1) is 0 Å². The van der Waals surface area contributed by atoms with Crippen LogP contribution >= 0.6 is 11.3 Å². The number of rotatable bonds is 6. The molecule has 0 unspecified atom stereocenters. The van der Waals surface area contributed by atoms with E-state index in [4.69, 9.17) is 0 Å². The number of carbonyl (C=O) groups is 1. The average molecular weight is 266 g/mol. The van der Waals surface area contributed by atoms with Crippen molar-refractivity contribution in [2.45, 2.75) is 45.2 Å². The number of hydrogen-bond acceptors (Lipinski definition) is 3. The summed E-state index contributed by atoms with van der Waals surface area (Å²) >= 11 is 1.71. The van der Waals surface area contributed by atoms with Crippen molar-refractivity contribution in [2.75, 3.05) is 13.1 Å².